The van der Waals surface area contributed by atoms with Crippen molar-refractivity contribution in [2.24, 2.45) is 0 Å². The summed E-state index contributed by atoms with van der Waals surface area (Å²) >= 11 is 0. The Morgan fingerprint density at radius 2 is 1.55 bits per heavy atom. The molecule has 0 saturated heterocycles. The van der Waals surface area contributed by atoms with E-state index >= 15 is 0 Å². The van der Waals surface area contributed by atoms with Crippen LogP contribution >= 0.6 is 0 Å². The average molecular weight is 180 g/mol. The van der Waals surface area contributed by atoms with E-state index in [4.69, 9.17) is 0 Å². The second-order valence-corrected chi connectivity index (χ2v) is 5.46. The van der Waals surface area contributed by atoms with Crippen molar-refractivity contribution in [3.63, 3.8) is 0 Å². The number of aryl methyl sites for hydroxylation is 1. The second kappa shape index (κ2) is 2.95. The molecule has 60 valence electrons. The van der Waals surface area contributed by atoms with Crippen LogP contribution < -0.4 is 10.4 Å². The molecule has 0 N–H and O–H groups in total. The number of benzene rings is 1. The van der Waals surface area contributed by atoms with Gasteiger partial charge in [-0.1, -0.05) is 27.6 Å². The van der Waals surface area contributed by atoms with E-state index in [1.165, 1.54) is 31.6 Å². The molecule has 1 rings (SSSR count). The zero-order valence-electron chi connectivity index (χ0n) is 8.08. The first kappa shape index (κ1) is 8.75. The van der Waals surface area contributed by atoms with Crippen LogP contribution in [0.3, 0.4) is 0 Å². The van der Waals surface area contributed by atoms with Crippen LogP contribution in [-0.2, 0) is 0 Å². The van der Waals surface area contributed by atoms with Gasteiger partial charge in [0.15, 0.2) is 0 Å². The molecule has 0 fully saturated rings. The third kappa shape index (κ3) is 1.46. The Morgan fingerprint density at radius 1 is 1.00 bits per heavy atom. The summed E-state index contributed by atoms with van der Waals surface area (Å²) in [6.07, 6.45) is 0. The Balaban J connectivity index is 3.46. The van der Waals surface area contributed by atoms with Crippen LogP contribution in [0, 0.1) is 20.8 Å². The average Bonchev–Trinajstić information content (AvgIpc) is 1.97. The SMILES string of the molecule is Cc1cc([SiH3])c(C)c(C)c1[SiH3]. The first-order valence-corrected chi connectivity index (χ1v) is 6.08. The van der Waals surface area contributed by atoms with Gasteiger partial charge >= 0.3 is 0 Å². The summed E-state index contributed by atoms with van der Waals surface area (Å²) in [5, 5.41) is 3.17. The lowest BCUT2D eigenvalue weighted by atomic mass is 10.1. The van der Waals surface area contributed by atoms with E-state index in [1.54, 1.807) is 15.9 Å². The molecule has 0 aliphatic heterocycles. The fraction of sp³-hybridized carbons (Fsp3) is 0.333. The van der Waals surface area contributed by atoms with Crippen molar-refractivity contribution in [3.05, 3.63) is 22.8 Å². The molecule has 0 nitrogen and oxygen atoms in total. The lowest BCUT2D eigenvalue weighted by Crippen LogP contribution is -2.21. The van der Waals surface area contributed by atoms with Gasteiger partial charge in [-0.2, -0.15) is 0 Å². The maximum atomic E-state index is 2.36. The summed E-state index contributed by atoms with van der Waals surface area (Å²) in [5.41, 5.74) is 4.58. The predicted molar refractivity (Wildman–Crippen MR) is 59.8 cm³/mol. The molecule has 0 saturated carbocycles. The molecule has 0 aliphatic rings. The molecule has 0 unspecified atom stereocenters. The summed E-state index contributed by atoms with van der Waals surface area (Å²) < 4.78 is 0. The van der Waals surface area contributed by atoms with Crippen molar-refractivity contribution in [1.82, 2.24) is 0 Å². The number of hydrogen-bond donors (Lipinski definition) is 0. The summed E-state index contributed by atoms with van der Waals surface area (Å²) in [7, 11) is 2.38. The molecule has 0 amide bonds. The lowest BCUT2D eigenvalue weighted by molar-refractivity contribution is 1.36. The molecule has 2 heteroatoms. The van der Waals surface area contributed by atoms with Crippen LogP contribution in [0.5, 0.6) is 0 Å². The highest BCUT2D eigenvalue weighted by Gasteiger charge is 2.02. The lowest BCUT2D eigenvalue weighted by Gasteiger charge is -2.10. The standard InChI is InChI=1S/C9H16Si2/c1-5-4-8(10)6(2)7(3)9(5)11/h4H,1-3,10-11H3. The zero-order valence-corrected chi connectivity index (χ0v) is 12.1. The molecule has 0 aromatic heterocycles. The van der Waals surface area contributed by atoms with Gasteiger partial charge in [-0.15, -0.1) is 0 Å². The maximum absolute atomic E-state index is 2.36. The predicted octanol–water partition coefficient (Wildman–Crippen LogP) is -1.41. The van der Waals surface area contributed by atoms with Gasteiger partial charge in [-0.25, -0.2) is 0 Å². The third-order valence-electron chi connectivity index (χ3n) is 2.74. The molecule has 11 heavy (non-hydrogen) atoms. The minimum Gasteiger partial charge on any atom is -0.0674 e. The first-order chi connectivity index (χ1) is 5.04. The van der Waals surface area contributed by atoms with Crippen molar-refractivity contribution in [2.45, 2.75) is 20.8 Å². The van der Waals surface area contributed by atoms with E-state index in [-0.39, 0.29) is 0 Å². The van der Waals surface area contributed by atoms with E-state index in [0.717, 1.165) is 0 Å². The molecule has 0 radical (unpaired) electrons. The van der Waals surface area contributed by atoms with Gasteiger partial charge in [0.1, 0.15) is 0 Å². The molecular formula is C9H16Si2. The van der Waals surface area contributed by atoms with Crippen molar-refractivity contribution in [1.29, 1.82) is 0 Å². The Labute approximate surface area is 74.9 Å². The Bertz CT molecular complexity index is 264. The van der Waals surface area contributed by atoms with Crippen LogP contribution in [0.2, 0.25) is 0 Å². The van der Waals surface area contributed by atoms with Crippen LogP contribution in [-0.4, -0.2) is 20.5 Å². The van der Waals surface area contributed by atoms with Crippen molar-refractivity contribution in [3.8, 4) is 0 Å². The molecule has 0 bridgehead atoms. The maximum Gasteiger partial charge on any atom is 0.0392 e. The summed E-state index contributed by atoms with van der Waals surface area (Å²) in [6, 6.07) is 2.36. The van der Waals surface area contributed by atoms with E-state index in [1.807, 2.05) is 0 Å². The number of rotatable bonds is 0. The van der Waals surface area contributed by atoms with Gasteiger partial charge in [0, 0.05) is 20.5 Å². The normalized spacial score (nSPS) is 10.8. The van der Waals surface area contributed by atoms with Crippen molar-refractivity contribution < 1.29 is 0 Å². The van der Waals surface area contributed by atoms with E-state index in [0.29, 0.717) is 0 Å². The monoisotopic (exact) mass is 180 g/mol. The second-order valence-electron chi connectivity index (χ2n) is 3.39. The Morgan fingerprint density at radius 3 is 2.09 bits per heavy atom. The topological polar surface area (TPSA) is 0 Å². The third-order valence-corrected chi connectivity index (χ3v) is 5.32. The summed E-state index contributed by atoms with van der Waals surface area (Å²) in [5.74, 6) is 0. The fourth-order valence-electron chi connectivity index (χ4n) is 1.41. The first-order valence-electron chi connectivity index (χ1n) is 4.08. The van der Waals surface area contributed by atoms with E-state index < -0.39 is 0 Å². The van der Waals surface area contributed by atoms with Crippen molar-refractivity contribution >= 4 is 30.9 Å². The smallest absolute Gasteiger partial charge is 0.0392 e. The Kier molecular flexibility index (Phi) is 2.35. The summed E-state index contributed by atoms with van der Waals surface area (Å²) in [6.45, 7) is 6.74. The molecule has 0 aliphatic carbocycles. The van der Waals surface area contributed by atoms with Gasteiger partial charge in [-0.3, -0.25) is 0 Å². The minimum absolute atomic E-state index is 1.19. The molecule has 1 aromatic carbocycles. The van der Waals surface area contributed by atoms with E-state index in [9.17, 15) is 0 Å². The van der Waals surface area contributed by atoms with Gasteiger partial charge < -0.3 is 0 Å². The molecule has 0 heterocycles. The van der Waals surface area contributed by atoms with Crippen LogP contribution in [0.25, 0.3) is 0 Å². The molecule has 0 spiro atoms. The van der Waals surface area contributed by atoms with Crippen LogP contribution in [0.1, 0.15) is 16.7 Å². The fourth-order valence-corrected chi connectivity index (χ4v) is 2.74. The molecule has 0 atom stereocenters. The quantitative estimate of drug-likeness (QED) is 0.431. The minimum atomic E-state index is 1.19. The summed E-state index contributed by atoms with van der Waals surface area (Å²) in [4.78, 5) is 0. The largest absolute Gasteiger partial charge is 0.0674 e. The zero-order chi connectivity index (χ0) is 8.59. The van der Waals surface area contributed by atoms with Gasteiger partial charge in [-0.05, 0) is 26.3 Å². The van der Waals surface area contributed by atoms with Crippen LogP contribution in [0.15, 0.2) is 6.07 Å². The molecule has 1 aromatic rings. The van der Waals surface area contributed by atoms with E-state index in [2.05, 4.69) is 26.8 Å². The highest BCUT2D eigenvalue weighted by Crippen LogP contribution is 2.01. The van der Waals surface area contributed by atoms with Gasteiger partial charge in [0.05, 0.1) is 0 Å². The molecular weight excluding hydrogens is 164 g/mol. The highest BCUT2D eigenvalue weighted by molar-refractivity contribution is 6.38. The van der Waals surface area contributed by atoms with Crippen LogP contribution in [0.4, 0.5) is 0 Å². The van der Waals surface area contributed by atoms with Gasteiger partial charge in [0.2, 0.25) is 0 Å². The van der Waals surface area contributed by atoms with Gasteiger partial charge in [0.25, 0.3) is 0 Å². The highest BCUT2D eigenvalue weighted by atomic mass is 28.1. The number of hydrogen-bond acceptors (Lipinski definition) is 0. The Hall–Kier alpha value is -0.346. The van der Waals surface area contributed by atoms with Crippen molar-refractivity contribution in [2.75, 3.05) is 0 Å².